The van der Waals surface area contributed by atoms with Crippen molar-refractivity contribution in [3.63, 3.8) is 0 Å². The largest absolute Gasteiger partial charge is 0.468 e. The van der Waals surface area contributed by atoms with E-state index in [-0.39, 0.29) is 12.0 Å². The van der Waals surface area contributed by atoms with Gasteiger partial charge in [-0.1, -0.05) is 0 Å². The highest BCUT2D eigenvalue weighted by molar-refractivity contribution is 5.75. The molecule has 15 heavy (non-hydrogen) atoms. The van der Waals surface area contributed by atoms with E-state index in [0.717, 1.165) is 25.6 Å². The number of carbonyl (C=O) groups excluding carboxylic acids is 1. The zero-order valence-electron chi connectivity index (χ0n) is 9.95. The molecule has 1 unspecified atom stereocenters. The summed E-state index contributed by atoms with van der Waals surface area (Å²) in [5.74, 6) is 0.637. The highest BCUT2D eigenvalue weighted by Gasteiger charge is 2.26. The van der Waals surface area contributed by atoms with E-state index in [1.54, 1.807) is 0 Å². The van der Waals surface area contributed by atoms with Crippen molar-refractivity contribution >= 4 is 5.97 Å². The van der Waals surface area contributed by atoms with Gasteiger partial charge in [0.1, 0.15) is 6.04 Å². The Bertz CT molecular complexity index is 201. The van der Waals surface area contributed by atoms with Crippen LogP contribution in [0.3, 0.4) is 0 Å². The molecule has 88 valence electrons. The molecule has 1 N–H and O–H groups in total. The number of nitrogens with zero attached hydrogens (tertiary/aromatic N) is 1. The van der Waals surface area contributed by atoms with E-state index in [2.05, 4.69) is 10.2 Å². The van der Waals surface area contributed by atoms with Gasteiger partial charge in [-0.3, -0.25) is 9.69 Å². The first-order valence-corrected chi connectivity index (χ1v) is 5.65. The van der Waals surface area contributed by atoms with Gasteiger partial charge in [-0.05, 0) is 52.4 Å². The fourth-order valence-electron chi connectivity index (χ4n) is 2.15. The van der Waals surface area contributed by atoms with Crippen molar-refractivity contribution in [3.05, 3.63) is 0 Å². The minimum absolute atomic E-state index is 0.0921. The van der Waals surface area contributed by atoms with Crippen molar-refractivity contribution in [1.29, 1.82) is 0 Å². The van der Waals surface area contributed by atoms with Crippen LogP contribution < -0.4 is 5.32 Å². The molecule has 0 saturated carbocycles. The number of esters is 1. The lowest BCUT2D eigenvalue weighted by Crippen LogP contribution is -2.45. The maximum Gasteiger partial charge on any atom is 0.322 e. The maximum absolute atomic E-state index is 11.3. The van der Waals surface area contributed by atoms with Crippen molar-refractivity contribution in [3.8, 4) is 0 Å². The number of methoxy groups -OCH3 is 1. The quantitative estimate of drug-likeness (QED) is 0.691. The standard InChI is InChI=1S/C11H22N2O2/c1-9(11(14)15-3)13-6-4-10(5-7-13)8-12-2/h9-10,12H,4-8H2,1-3H3. The van der Waals surface area contributed by atoms with Crippen molar-refractivity contribution in [2.45, 2.75) is 25.8 Å². The average molecular weight is 214 g/mol. The van der Waals surface area contributed by atoms with Gasteiger partial charge in [0.25, 0.3) is 0 Å². The fraction of sp³-hybridized carbons (Fsp3) is 0.909. The SMILES string of the molecule is CNCC1CCN(C(C)C(=O)OC)CC1. The van der Waals surface area contributed by atoms with E-state index >= 15 is 0 Å². The summed E-state index contributed by atoms with van der Waals surface area (Å²) in [7, 11) is 3.44. The van der Waals surface area contributed by atoms with Crippen LogP contribution in [0.1, 0.15) is 19.8 Å². The number of piperidine rings is 1. The monoisotopic (exact) mass is 214 g/mol. The lowest BCUT2D eigenvalue weighted by atomic mass is 9.96. The van der Waals surface area contributed by atoms with Crippen LogP contribution in [0.4, 0.5) is 0 Å². The number of carbonyl (C=O) groups is 1. The first-order chi connectivity index (χ1) is 7.19. The molecule has 0 amide bonds. The summed E-state index contributed by atoms with van der Waals surface area (Å²) in [5.41, 5.74) is 0. The number of hydrogen-bond donors (Lipinski definition) is 1. The van der Waals surface area contributed by atoms with Crippen LogP contribution in [0.5, 0.6) is 0 Å². The van der Waals surface area contributed by atoms with Gasteiger partial charge >= 0.3 is 5.97 Å². The third-order valence-electron chi connectivity index (χ3n) is 3.23. The van der Waals surface area contributed by atoms with Crippen LogP contribution in [0.15, 0.2) is 0 Å². The van der Waals surface area contributed by atoms with E-state index in [1.165, 1.54) is 20.0 Å². The molecule has 1 saturated heterocycles. The molecule has 1 aliphatic rings. The van der Waals surface area contributed by atoms with Crippen molar-refractivity contribution in [2.75, 3.05) is 33.8 Å². The summed E-state index contributed by atoms with van der Waals surface area (Å²) in [6.45, 7) is 5.01. The van der Waals surface area contributed by atoms with Gasteiger partial charge in [-0.2, -0.15) is 0 Å². The third kappa shape index (κ3) is 3.47. The maximum atomic E-state index is 11.3. The molecule has 0 aromatic heterocycles. The second-order valence-electron chi connectivity index (χ2n) is 4.24. The van der Waals surface area contributed by atoms with E-state index < -0.39 is 0 Å². The molecule has 1 rings (SSSR count). The van der Waals surface area contributed by atoms with Gasteiger partial charge in [0.2, 0.25) is 0 Å². The Morgan fingerprint density at radius 3 is 2.60 bits per heavy atom. The van der Waals surface area contributed by atoms with Gasteiger partial charge < -0.3 is 10.1 Å². The molecule has 1 fully saturated rings. The van der Waals surface area contributed by atoms with Crippen molar-refractivity contribution < 1.29 is 9.53 Å². The second kappa shape index (κ2) is 6.08. The Kier molecular flexibility index (Phi) is 5.05. The smallest absolute Gasteiger partial charge is 0.322 e. The predicted octanol–water partition coefficient (Wildman–Crippen LogP) is 0.479. The van der Waals surface area contributed by atoms with Crippen LogP contribution in [0, 0.1) is 5.92 Å². The van der Waals surface area contributed by atoms with Crippen molar-refractivity contribution in [1.82, 2.24) is 10.2 Å². The number of ether oxygens (including phenoxy) is 1. The predicted molar refractivity (Wildman–Crippen MR) is 59.7 cm³/mol. The van der Waals surface area contributed by atoms with Crippen LogP contribution in [-0.2, 0) is 9.53 Å². The molecular weight excluding hydrogens is 192 g/mol. The molecule has 0 spiro atoms. The average Bonchev–Trinajstić information content (AvgIpc) is 2.28. The van der Waals surface area contributed by atoms with E-state index in [4.69, 9.17) is 4.74 Å². The summed E-state index contributed by atoms with van der Waals surface area (Å²) in [6.07, 6.45) is 2.34. The lowest BCUT2D eigenvalue weighted by Gasteiger charge is -2.34. The molecule has 0 aromatic carbocycles. The normalized spacial score (nSPS) is 21.3. The fourth-order valence-corrected chi connectivity index (χ4v) is 2.15. The number of hydrogen-bond acceptors (Lipinski definition) is 4. The van der Waals surface area contributed by atoms with Crippen LogP contribution in [0.2, 0.25) is 0 Å². The molecular formula is C11H22N2O2. The van der Waals surface area contributed by atoms with E-state index in [1.807, 2.05) is 14.0 Å². The number of likely N-dealkylation sites (tertiary alicyclic amines) is 1. The van der Waals surface area contributed by atoms with Gasteiger partial charge in [0, 0.05) is 0 Å². The van der Waals surface area contributed by atoms with Crippen LogP contribution in [0.25, 0.3) is 0 Å². The van der Waals surface area contributed by atoms with Crippen molar-refractivity contribution in [2.24, 2.45) is 5.92 Å². The van der Waals surface area contributed by atoms with E-state index in [0.29, 0.717) is 0 Å². The zero-order valence-corrected chi connectivity index (χ0v) is 9.95. The third-order valence-corrected chi connectivity index (χ3v) is 3.23. The summed E-state index contributed by atoms with van der Waals surface area (Å²) in [5, 5.41) is 3.21. The Morgan fingerprint density at radius 2 is 2.13 bits per heavy atom. The molecule has 1 atom stereocenters. The molecule has 1 heterocycles. The van der Waals surface area contributed by atoms with Gasteiger partial charge in [-0.25, -0.2) is 0 Å². The zero-order chi connectivity index (χ0) is 11.3. The summed E-state index contributed by atoms with van der Waals surface area (Å²) in [4.78, 5) is 13.5. The topological polar surface area (TPSA) is 41.6 Å². The van der Waals surface area contributed by atoms with E-state index in [9.17, 15) is 4.79 Å². The summed E-state index contributed by atoms with van der Waals surface area (Å²) < 4.78 is 4.75. The Balaban J connectivity index is 2.33. The molecule has 0 radical (unpaired) electrons. The molecule has 0 aromatic rings. The first-order valence-electron chi connectivity index (χ1n) is 5.65. The Hall–Kier alpha value is -0.610. The molecule has 1 aliphatic heterocycles. The first kappa shape index (κ1) is 12.5. The second-order valence-corrected chi connectivity index (χ2v) is 4.24. The minimum Gasteiger partial charge on any atom is -0.468 e. The highest BCUT2D eigenvalue weighted by atomic mass is 16.5. The van der Waals surface area contributed by atoms with Crippen LogP contribution >= 0.6 is 0 Å². The molecule has 4 heteroatoms. The summed E-state index contributed by atoms with van der Waals surface area (Å²) >= 11 is 0. The van der Waals surface area contributed by atoms with Crippen LogP contribution in [-0.4, -0.2) is 50.7 Å². The molecule has 4 nitrogen and oxygen atoms in total. The van der Waals surface area contributed by atoms with Gasteiger partial charge in [0.15, 0.2) is 0 Å². The Morgan fingerprint density at radius 1 is 1.53 bits per heavy atom. The Labute approximate surface area is 92.0 Å². The number of nitrogens with one attached hydrogen (secondary N) is 1. The lowest BCUT2D eigenvalue weighted by molar-refractivity contribution is -0.146. The van der Waals surface area contributed by atoms with Gasteiger partial charge in [0.05, 0.1) is 7.11 Å². The number of rotatable bonds is 4. The molecule has 0 aliphatic carbocycles. The highest BCUT2D eigenvalue weighted by Crippen LogP contribution is 2.18. The minimum atomic E-state index is -0.123. The van der Waals surface area contributed by atoms with Gasteiger partial charge in [-0.15, -0.1) is 0 Å². The molecule has 0 bridgehead atoms. The summed E-state index contributed by atoms with van der Waals surface area (Å²) in [6, 6.07) is -0.0921.